The van der Waals surface area contributed by atoms with Crippen molar-refractivity contribution in [3.8, 4) is 0 Å². The van der Waals surface area contributed by atoms with Crippen molar-refractivity contribution < 1.29 is 9.53 Å². The molecule has 0 radical (unpaired) electrons. The molecule has 0 aliphatic carbocycles. The lowest BCUT2D eigenvalue weighted by molar-refractivity contribution is 0.0529. The quantitative estimate of drug-likeness (QED) is 0.248. The van der Waals surface area contributed by atoms with Crippen molar-refractivity contribution in [2.75, 3.05) is 50.7 Å². The van der Waals surface area contributed by atoms with Crippen LogP contribution in [0.4, 0.5) is 9.93 Å². The first kappa shape index (κ1) is 25.7. The number of hydrogen-bond donors (Lipinski definition) is 2. The van der Waals surface area contributed by atoms with Gasteiger partial charge in [0, 0.05) is 57.2 Å². The van der Waals surface area contributed by atoms with Crippen LogP contribution in [-0.4, -0.2) is 77.7 Å². The molecule has 1 aliphatic rings. The number of guanidine groups is 1. The van der Waals surface area contributed by atoms with Gasteiger partial charge in [0.2, 0.25) is 5.13 Å². The molecule has 0 bridgehead atoms. The Bertz CT molecular complexity index is 655. The number of aliphatic imine (C=N–C) groups is 1. The fourth-order valence-corrected chi connectivity index (χ4v) is 3.49. The molecule has 1 saturated heterocycles. The number of rotatable bonds is 6. The minimum atomic E-state index is -0.493. The van der Waals surface area contributed by atoms with Crippen LogP contribution in [0.2, 0.25) is 0 Å². The number of halogens is 1. The van der Waals surface area contributed by atoms with E-state index in [1.807, 2.05) is 20.8 Å². The van der Waals surface area contributed by atoms with Gasteiger partial charge in [0.15, 0.2) is 5.96 Å². The van der Waals surface area contributed by atoms with E-state index in [0.717, 1.165) is 56.1 Å². The van der Waals surface area contributed by atoms with E-state index in [9.17, 15) is 4.79 Å². The van der Waals surface area contributed by atoms with Crippen molar-refractivity contribution in [3.05, 3.63) is 5.82 Å². The third-order valence-electron chi connectivity index (χ3n) is 4.00. The average molecular weight is 539 g/mol. The van der Waals surface area contributed by atoms with Crippen LogP contribution < -0.4 is 15.5 Å². The minimum Gasteiger partial charge on any atom is -0.444 e. The number of piperazine rings is 1. The second kappa shape index (κ2) is 12.4. The maximum absolute atomic E-state index is 11.7. The van der Waals surface area contributed by atoms with Crippen molar-refractivity contribution >= 4 is 52.7 Å². The molecule has 1 amide bonds. The van der Waals surface area contributed by atoms with Gasteiger partial charge in [-0.05, 0) is 27.7 Å². The number of nitrogens with zero attached hydrogens (tertiary/aromatic N) is 5. The average Bonchev–Trinajstić information content (AvgIpc) is 3.12. The summed E-state index contributed by atoms with van der Waals surface area (Å²) >= 11 is 1.47. The third-order valence-corrected chi connectivity index (χ3v) is 4.81. The highest BCUT2D eigenvalue weighted by atomic mass is 127. The summed E-state index contributed by atoms with van der Waals surface area (Å²) < 4.78 is 9.61. The van der Waals surface area contributed by atoms with Crippen LogP contribution in [-0.2, 0) is 11.2 Å². The van der Waals surface area contributed by atoms with E-state index in [0.29, 0.717) is 13.1 Å². The number of anilines is 1. The van der Waals surface area contributed by atoms with Gasteiger partial charge in [-0.3, -0.25) is 4.99 Å². The lowest BCUT2D eigenvalue weighted by Gasteiger charge is -2.36. The highest BCUT2D eigenvalue weighted by molar-refractivity contribution is 14.0. The maximum Gasteiger partial charge on any atom is 0.407 e. The van der Waals surface area contributed by atoms with Crippen LogP contribution in [0, 0.1) is 0 Å². The summed E-state index contributed by atoms with van der Waals surface area (Å²) in [6, 6.07) is 0. The van der Waals surface area contributed by atoms with Gasteiger partial charge in [0.1, 0.15) is 11.4 Å². The van der Waals surface area contributed by atoms with E-state index < -0.39 is 11.7 Å². The van der Waals surface area contributed by atoms with E-state index in [2.05, 4.69) is 48.6 Å². The Labute approximate surface area is 194 Å². The van der Waals surface area contributed by atoms with Gasteiger partial charge in [0.25, 0.3) is 0 Å². The minimum absolute atomic E-state index is 0. The topological polar surface area (TPSA) is 95.0 Å². The summed E-state index contributed by atoms with van der Waals surface area (Å²) in [6.07, 6.45) is 0.454. The molecule has 9 nitrogen and oxygen atoms in total. The Morgan fingerprint density at radius 1 is 1.21 bits per heavy atom. The Balaban J connectivity index is 0.00000420. The predicted octanol–water partition coefficient (Wildman–Crippen LogP) is 2.33. The van der Waals surface area contributed by atoms with Crippen molar-refractivity contribution in [1.29, 1.82) is 0 Å². The van der Waals surface area contributed by atoms with Gasteiger partial charge in [-0.15, -0.1) is 24.0 Å². The summed E-state index contributed by atoms with van der Waals surface area (Å²) in [5.41, 5.74) is -0.493. The van der Waals surface area contributed by atoms with Crippen LogP contribution >= 0.6 is 35.5 Å². The third kappa shape index (κ3) is 8.89. The molecule has 2 N–H and O–H groups in total. The first-order valence-electron chi connectivity index (χ1n) is 9.90. The molecule has 29 heavy (non-hydrogen) atoms. The molecule has 11 heteroatoms. The van der Waals surface area contributed by atoms with Crippen molar-refractivity contribution in [2.24, 2.45) is 4.99 Å². The molecule has 2 rings (SSSR count). The highest BCUT2D eigenvalue weighted by Crippen LogP contribution is 2.19. The number of ether oxygens (including phenoxy) is 1. The lowest BCUT2D eigenvalue weighted by atomic mass is 10.2. The van der Waals surface area contributed by atoms with Gasteiger partial charge < -0.3 is 25.2 Å². The normalized spacial score (nSPS) is 15.0. The Hall–Kier alpha value is -1.37. The molecule has 1 aromatic heterocycles. The number of nitrogens with one attached hydrogen (secondary N) is 2. The number of carbonyl (C=O) groups excluding carboxylic acids is 1. The summed E-state index contributed by atoms with van der Waals surface area (Å²) in [6.45, 7) is 14.9. The van der Waals surface area contributed by atoms with Gasteiger partial charge in [-0.25, -0.2) is 9.78 Å². The second-order valence-corrected chi connectivity index (χ2v) is 8.22. The molecular formula is C18H34IN7O2S. The number of hydrogen-bond acceptors (Lipinski definition) is 7. The van der Waals surface area contributed by atoms with Gasteiger partial charge in [-0.2, -0.15) is 4.37 Å². The van der Waals surface area contributed by atoms with E-state index in [1.54, 1.807) is 0 Å². The molecule has 1 fully saturated rings. The van der Waals surface area contributed by atoms with Crippen LogP contribution in [0.15, 0.2) is 4.99 Å². The standard InChI is InChI=1S/C18H33N7O2S.HI/c1-6-14-22-16(28-23-14)25-12-10-24(11-13-25)15(19-7-2)20-8-9-21-17(26)27-18(3,4)5;/h6-13H2,1-5H3,(H,19,20)(H,21,26);1H. The van der Waals surface area contributed by atoms with Gasteiger partial charge in [-0.1, -0.05) is 6.92 Å². The van der Waals surface area contributed by atoms with Gasteiger partial charge in [0.05, 0.1) is 6.54 Å². The fourth-order valence-electron chi connectivity index (χ4n) is 2.69. The van der Waals surface area contributed by atoms with E-state index in [4.69, 9.17) is 4.74 Å². The summed E-state index contributed by atoms with van der Waals surface area (Å²) in [5.74, 6) is 1.79. The van der Waals surface area contributed by atoms with Crippen molar-refractivity contribution in [2.45, 2.75) is 46.6 Å². The molecule has 0 spiro atoms. The highest BCUT2D eigenvalue weighted by Gasteiger charge is 2.22. The van der Waals surface area contributed by atoms with E-state index in [-0.39, 0.29) is 24.0 Å². The number of alkyl carbamates (subject to hydrolysis) is 1. The maximum atomic E-state index is 11.7. The second-order valence-electron chi connectivity index (χ2n) is 7.49. The van der Waals surface area contributed by atoms with Crippen LogP contribution in [0.1, 0.15) is 40.4 Å². The molecular weight excluding hydrogens is 505 g/mol. The number of aromatic nitrogens is 2. The van der Waals surface area contributed by atoms with Crippen LogP contribution in [0.25, 0.3) is 0 Å². The fraction of sp³-hybridized carbons (Fsp3) is 0.778. The zero-order chi connectivity index (χ0) is 20.6. The Kier molecular flexibility index (Phi) is 10.9. The molecule has 1 aliphatic heterocycles. The number of carbonyl (C=O) groups is 1. The molecule has 0 unspecified atom stereocenters. The largest absolute Gasteiger partial charge is 0.444 e. The summed E-state index contributed by atoms with van der Waals surface area (Å²) in [7, 11) is 0. The SMILES string of the molecule is CCNC(=NCCNC(=O)OC(C)(C)C)N1CCN(c2nc(CC)ns2)CC1.I. The first-order valence-corrected chi connectivity index (χ1v) is 10.7. The smallest absolute Gasteiger partial charge is 0.407 e. The number of aryl methyl sites for hydroxylation is 1. The van der Waals surface area contributed by atoms with Gasteiger partial charge >= 0.3 is 6.09 Å². The number of amides is 1. The summed E-state index contributed by atoms with van der Waals surface area (Å²) in [5, 5.41) is 7.07. The van der Waals surface area contributed by atoms with Crippen LogP contribution in [0.3, 0.4) is 0 Å². The zero-order valence-corrected chi connectivity index (χ0v) is 21.2. The summed E-state index contributed by atoms with van der Waals surface area (Å²) in [4.78, 5) is 25.4. The Morgan fingerprint density at radius 2 is 1.90 bits per heavy atom. The molecule has 0 atom stereocenters. The zero-order valence-electron chi connectivity index (χ0n) is 18.0. The van der Waals surface area contributed by atoms with Crippen molar-refractivity contribution in [1.82, 2.24) is 24.9 Å². The Morgan fingerprint density at radius 3 is 2.45 bits per heavy atom. The molecule has 1 aromatic rings. The van der Waals surface area contributed by atoms with E-state index in [1.165, 1.54) is 11.5 Å². The first-order chi connectivity index (χ1) is 13.3. The molecule has 2 heterocycles. The van der Waals surface area contributed by atoms with E-state index >= 15 is 0 Å². The molecule has 0 aromatic carbocycles. The monoisotopic (exact) mass is 539 g/mol. The lowest BCUT2D eigenvalue weighted by Crippen LogP contribution is -2.52. The predicted molar refractivity (Wildman–Crippen MR) is 129 cm³/mol. The van der Waals surface area contributed by atoms with Crippen molar-refractivity contribution in [3.63, 3.8) is 0 Å². The molecule has 166 valence electrons. The molecule has 0 saturated carbocycles. The van der Waals surface area contributed by atoms with Crippen LogP contribution in [0.5, 0.6) is 0 Å².